The minimum Gasteiger partial charge on any atom is -0.497 e. The van der Waals surface area contributed by atoms with Crippen LogP contribution in [-0.2, 0) is 9.53 Å². The number of aromatic carboxylic acids is 1. The second kappa shape index (κ2) is 10.6. The first kappa shape index (κ1) is 25.9. The molecule has 2 aromatic heterocycles. The molecule has 2 aromatic carbocycles. The van der Waals surface area contributed by atoms with Crippen molar-refractivity contribution in [3.63, 3.8) is 0 Å². The molecular weight excluding hydrogens is 520 g/mol. The smallest absolute Gasteiger partial charge is 0.338 e. The lowest BCUT2D eigenvalue weighted by Crippen LogP contribution is -2.39. The third-order valence-electron chi connectivity index (χ3n) is 6.25. The predicted octanol–water partition coefficient (Wildman–Crippen LogP) is 3.77. The molecule has 1 atom stereocenters. The molecule has 1 N–H and O–H groups in total. The zero-order valence-corrected chi connectivity index (χ0v) is 22.2. The number of thiazole rings is 1. The summed E-state index contributed by atoms with van der Waals surface area (Å²) in [7, 11) is 1.55. The number of hydrogen-bond donors (Lipinski definition) is 1. The van der Waals surface area contributed by atoms with E-state index >= 15 is 0 Å². The van der Waals surface area contributed by atoms with Gasteiger partial charge >= 0.3 is 11.9 Å². The Balaban J connectivity index is 1.65. The van der Waals surface area contributed by atoms with Crippen LogP contribution in [-0.4, -0.2) is 35.3 Å². The number of allylic oxidation sites excluding steroid dienone is 1. The SMILES string of the molecule is CCOC(=O)C1=C(C)N=c2s/c(=C\c3ccc(-c4ccccc4C(=O)O)o3)c(=O)n2[C@@H]1c1cccc(OC)c1. The lowest BCUT2D eigenvalue weighted by Gasteiger charge is -2.24. The quantitative estimate of drug-likeness (QED) is 0.352. The summed E-state index contributed by atoms with van der Waals surface area (Å²) in [5, 5.41) is 9.52. The Bertz CT molecular complexity index is 1810. The highest BCUT2D eigenvalue weighted by Gasteiger charge is 2.33. The zero-order chi connectivity index (χ0) is 27.7. The van der Waals surface area contributed by atoms with Gasteiger partial charge in [-0.05, 0) is 49.7 Å². The van der Waals surface area contributed by atoms with Gasteiger partial charge in [-0.25, -0.2) is 14.6 Å². The van der Waals surface area contributed by atoms with Gasteiger partial charge in [-0.1, -0.05) is 41.7 Å². The van der Waals surface area contributed by atoms with Crippen LogP contribution in [0.5, 0.6) is 5.75 Å². The summed E-state index contributed by atoms with van der Waals surface area (Å²) in [6.07, 6.45) is 1.59. The highest BCUT2D eigenvalue weighted by Crippen LogP contribution is 2.32. The van der Waals surface area contributed by atoms with Gasteiger partial charge in [0.15, 0.2) is 4.80 Å². The number of furan rings is 1. The van der Waals surface area contributed by atoms with E-state index in [2.05, 4.69) is 4.99 Å². The molecule has 0 aliphatic carbocycles. The number of ether oxygens (including phenoxy) is 2. The lowest BCUT2D eigenvalue weighted by atomic mass is 9.95. The van der Waals surface area contributed by atoms with E-state index in [9.17, 15) is 19.5 Å². The van der Waals surface area contributed by atoms with Crippen molar-refractivity contribution in [2.45, 2.75) is 19.9 Å². The second-order valence-electron chi connectivity index (χ2n) is 8.63. The Labute approximate surface area is 226 Å². The fourth-order valence-electron chi connectivity index (χ4n) is 4.51. The first-order valence-corrected chi connectivity index (χ1v) is 12.9. The van der Waals surface area contributed by atoms with Crippen molar-refractivity contribution in [1.82, 2.24) is 4.57 Å². The predicted molar refractivity (Wildman–Crippen MR) is 144 cm³/mol. The summed E-state index contributed by atoms with van der Waals surface area (Å²) in [5.41, 5.74) is 1.58. The van der Waals surface area contributed by atoms with Crippen molar-refractivity contribution in [3.05, 3.63) is 109 Å². The van der Waals surface area contributed by atoms with Crippen molar-refractivity contribution in [2.24, 2.45) is 4.99 Å². The largest absolute Gasteiger partial charge is 0.497 e. The van der Waals surface area contributed by atoms with Crippen LogP contribution in [0.15, 0.2) is 86.1 Å². The zero-order valence-electron chi connectivity index (χ0n) is 21.3. The number of fused-ring (bicyclic) bond motifs is 1. The molecule has 39 heavy (non-hydrogen) atoms. The van der Waals surface area contributed by atoms with Crippen LogP contribution in [0.2, 0.25) is 0 Å². The summed E-state index contributed by atoms with van der Waals surface area (Å²) >= 11 is 1.17. The summed E-state index contributed by atoms with van der Waals surface area (Å²) < 4.78 is 18.4. The summed E-state index contributed by atoms with van der Waals surface area (Å²) in [5.74, 6) is -0.301. The molecule has 0 fully saturated rings. The molecule has 5 rings (SSSR count). The number of benzene rings is 2. The number of methoxy groups -OCH3 is 1. The fraction of sp³-hybridized carbons (Fsp3) is 0.172. The van der Waals surface area contributed by atoms with Crippen molar-refractivity contribution in [2.75, 3.05) is 13.7 Å². The van der Waals surface area contributed by atoms with E-state index in [0.717, 1.165) is 0 Å². The van der Waals surface area contributed by atoms with Crippen LogP contribution < -0.4 is 19.6 Å². The standard InChI is InChI=1S/C29H24N2O7S/c1-4-37-28(35)24-16(2)30-29-31(25(24)17-8-7-9-18(14-17)36-3)26(32)23(39-29)15-19-12-13-22(38-19)20-10-5-6-11-21(20)27(33)34/h5-15,25H,4H2,1-3H3,(H,33,34)/b23-15-/t25-/m1/s1. The molecule has 0 spiro atoms. The van der Waals surface area contributed by atoms with E-state index in [4.69, 9.17) is 13.9 Å². The normalized spacial score (nSPS) is 15.1. The fourth-order valence-corrected chi connectivity index (χ4v) is 5.53. The number of carbonyl (C=O) groups excluding carboxylic acids is 1. The van der Waals surface area contributed by atoms with Crippen molar-refractivity contribution >= 4 is 29.4 Å². The third kappa shape index (κ3) is 4.82. The molecule has 1 aliphatic rings. The van der Waals surface area contributed by atoms with Gasteiger partial charge in [0.05, 0.1) is 41.1 Å². The average Bonchev–Trinajstić information content (AvgIpc) is 3.52. The van der Waals surface area contributed by atoms with Gasteiger partial charge in [-0.2, -0.15) is 0 Å². The molecule has 0 unspecified atom stereocenters. The average molecular weight is 545 g/mol. The maximum atomic E-state index is 13.8. The molecule has 1 aliphatic heterocycles. The Morgan fingerprint density at radius 2 is 1.95 bits per heavy atom. The number of carboxylic acid groups (broad SMARTS) is 1. The van der Waals surface area contributed by atoms with E-state index < -0.39 is 18.0 Å². The van der Waals surface area contributed by atoms with Gasteiger partial charge in [-0.15, -0.1) is 0 Å². The minimum absolute atomic E-state index is 0.109. The molecule has 0 saturated carbocycles. The molecular formula is C29H24N2O7S. The highest BCUT2D eigenvalue weighted by atomic mass is 32.1. The van der Waals surface area contributed by atoms with E-state index in [0.29, 0.717) is 43.4 Å². The number of rotatable bonds is 7. The number of esters is 1. The van der Waals surface area contributed by atoms with E-state index in [1.807, 2.05) is 6.07 Å². The van der Waals surface area contributed by atoms with Crippen LogP contribution in [0.4, 0.5) is 0 Å². The van der Waals surface area contributed by atoms with Gasteiger partial charge in [0, 0.05) is 11.6 Å². The van der Waals surface area contributed by atoms with E-state index in [-0.39, 0.29) is 23.3 Å². The maximum absolute atomic E-state index is 13.8. The lowest BCUT2D eigenvalue weighted by molar-refractivity contribution is -0.139. The molecule has 0 saturated heterocycles. The van der Waals surface area contributed by atoms with Crippen LogP contribution >= 0.6 is 11.3 Å². The number of carboxylic acids is 1. The molecule has 9 nitrogen and oxygen atoms in total. The van der Waals surface area contributed by atoms with Crippen molar-refractivity contribution in [1.29, 1.82) is 0 Å². The number of carbonyl (C=O) groups is 2. The monoisotopic (exact) mass is 544 g/mol. The van der Waals surface area contributed by atoms with Crippen LogP contribution in [0.3, 0.4) is 0 Å². The van der Waals surface area contributed by atoms with Crippen LogP contribution in [0, 0.1) is 0 Å². The first-order valence-electron chi connectivity index (χ1n) is 12.1. The summed E-state index contributed by atoms with van der Waals surface area (Å²) in [6, 6.07) is 16.3. The van der Waals surface area contributed by atoms with Gasteiger partial charge < -0.3 is 19.0 Å². The summed E-state index contributed by atoms with van der Waals surface area (Å²) in [6.45, 7) is 3.61. The second-order valence-corrected chi connectivity index (χ2v) is 9.64. The highest BCUT2D eigenvalue weighted by molar-refractivity contribution is 7.07. The molecule has 3 heterocycles. The van der Waals surface area contributed by atoms with Crippen molar-refractivity contribution < 1.29 is 28.6 Å². The Morgan fingerprint density at radius 1 is 1.15 bits per heavy atom. The Hall–Kier alpha value is -4.70. The van der Waals surface area contributed by atoms with Gasteiger partial charge in [-0.3, -0.25) is 9.36 Å². The Kier molecular flexibility index (Phi) is 7.03. The molecule has 4 aromatic rings. The molecule has 0 bridgehead atoms. The third-order valence-corrected chi connectivity index (χ3v) is 7.23. The summed E-state index contributed by atoms with van der Waals surface area (Å²) in [4.78, 5) is 43.4. The van der Waals surface area contributed by atoms with Gasteiger partial charge in [0.2, 0.25) is 0 Å². The van der Waals surface area contributed by atoms with Crippen LogP contribution in [0.25, 0.3) is 17.4 Å². The Morgan fingerprint density at radius 3 is 2.69 bits per heavy atom. The maximum Gasteiger partial charge on any atom is 0.338 e. The van der Waals surface area contributed by atoms with E-state index in [1.165, 1.54) is 22.0 Å². The van der Waals surface area contributed by atoms with Crippen molar-refractivity contribution in [3.8, 4) is 17.1 Å². The van der Waals surface area contributed by atoms with E-state index in [1.54, 1.807) is 75.6 Å². The molecule has 10 heteroatoms. The first-order chi connectivity index (χ1) is 18.8. The molecule has 0 radical (unpaired) electrons. The van der Waals surface area contributed by atoms with Gasteiger partial charge in [0.1, 0.15) is 17.3 Å². The number of aromatic nitrogens is 1. The van der Waals surface area contributed by atoms with Crippen LogP contribution in [0.1, 0.15) is 41.6 Å². The molecule has 0 amide bonds. The number of nitrogens with zero attached hydrogens (tertiary/aromatic N) is 2. The topological polar surface area (TPSA) is 120 Å². The molecule has 198 valence electrons. The number of hydrogen-bond acceptors (Lipinski definition) is 8. The minimum atomic E-state index is -1.07. The van der Waals surface area contributed by atoms with Gasteiger partial charge in [0.25, 0.3) is 5.56 Å².